The Morgan fingerprint density at radius 3 is 2.39 bits per heavy atom. The number of hydrogen-bond acceptors (Lipinski definition) is 3. The van der Waals surface area contributed by atoms with Gasteiger partial charge in [-0.05, 0) is 24.3 Å². The van der Waals surface area contributed by atoms with E-state index in [1.807, 2.05) is 6.07 Å². The van der Waals surface area contributed by atoms with Gasteiger partial charge in [-0.2, -0.15) is 0 Å². The highest BCUT2D eigenvalue weighted by Gasteiger charge is 2.14. The third-order valence-electron chi connectivity index (χ3n) is 2.38. The van der Waals surface area contributed by atoms with Crippen LogP contribution in [-0.2, 0) is 10.0 Å². The van der Waals surface area contributed by atoms with Gasteiger partial charge in [-0.15, -0.1) is 0 Å². The lowest BCUT2D eigenvalue weighted by Crippen LogP contribution is -2.12. The molecule has 0 saturated heterocycles. The predicted molar refractivity (Wildman–Crippen MR) is 70.2 cm³/mol. The molecule has 0 aliphatic rings. The van der Waals surface area contributed by atoms with Gasteiger partial charge in [0.05, 0.1) is 12.0 Å². The Balaban J connectivity index is 2.31. The molecule has 0 unspecified atom stereocenters. The van der Waals surface area contributed by atoms with E-state index in [-0.39, 0.29) is 4.90 Å². The summed E-state index contributed by atoms with van der Waals surface area (Å²) in [5.74, 6) is 0.505. The van der Waals surface area contributed by atoms with E-state index in [1.165, 1.54) is 19.2 Å². The fourth-order valence-corrected chi connectivity index (χ4v) is 2.58. The molecule has 0 fully saturated rings. The molecule has 4 nitrogen and oxygen atoms in total. The van der Waals surface area contributed by atoms with Crippen molar-refractivity contribution in [1.29, 1.82) is 0 Å². The number of ether oxygens (including phenoxy) is 1. The normalized spacial score (nSPS) is 10.9. The molecule has 0 aromatic heterocycles. The molecule has 5 heteroatoms. The molecule has 0 radical (unpaired) electrons. The summed E-state index contributed by atoms with van der Waals surface area (Å²) in [6.45, 7) is 0. The average molecular weight is 263 g/mol. The highest BCUT2D eigenvalue weighted by atomic mass is 32.2. The summed E-state index contributed by atoms with van der Waals surface area (Å²) in [4.78, 5) is 0.172. The highest BCUT2D eigenvalue weighted by Crippen LogP contribution is 2.19. The first-order chi connectivity index (χ1) is 8.62. The van der Waals surface area contributed by atoms with Crippen molar-refractivity contribution in [2.24, 2.45) is 0 Å². The number of hydrogen-bond donors (Lipinski definition) is 1. The van der Waals surface area contributed by atoms with Crippen molar-refractivity contribution >= 4 is 15.7 Å². The van der Waals surface area contributed by atoms with Gasteiger partial charge < -0.3 is 4.74 Å². The summed E-state index contributed by atoms with van der Waals surface area (Å²) in [7, 11) is -2.08. The zero-order chi connectivity index (χ0) is 13.0. The lowest BCUT2D eigenvalue weighted by molar-refractivity contribution is 0.413. The standard InChI is InChI=1S/C13H13NO3S/c1-17-12-8-5-9-13(10-12)18(15,16)14-11-6-3-2-4-7-11/h2-10,14H,1H3. The molecule has 0 bridgehead atoms. The molecular formula is C13H13NO3S. The number of para-hydroxylation sites is 1. The summed E-state index contributed by atoms with van der Waals surface area (Å²) in [5.41, 5.74) is 0.528. The third kappa shape index (κ3) is 2.81. The van der Waals surface area contributed by atoms with Crippen molar-refractivity contribution in [1.82, 2.24) is 0 Å². The minimum atomic E-state index is -3.58. The van der Waals surface area contributed by atoms with Crippen molar-refractivity contribution in [3.05, 3.63) is 54.6 Å². The third-order valence-corrected chi connectivity index (χ3v) is 3.76. The fourth-order valence-electron chi connectivity index (χ4n) is 1.49. The Bertz CT molecular complexity index is 624. The van der Waals surface area contributed by atoms with E-state index in [0.29, 0.717) is 11.4 Å². The number of rotatable bonds is 4. The lowest BCUT2D eigenvalue weighted by Gasteiger charge is -2.08. The lowest BCUT2D eigenvalue weighted by atomic mass is 10.3. The molecule has 2 rings (SSSR count). The Hall–Kier alpha value is -2.01. The molecule has 1 N–H and O–H groups in total. The van der Waals surface area contributed by atoms with Crippen molar-refractivity contribution in [3.8, 4) is 5.75 Å². The minimum Gasteiger partial charge on any atom is -0.497 e. The van der Waals surface area contributed by atoms with Crippen LogP contribution in [0.1, 0.15) is 0 Å². The van der Waals surface area contributed by atoms with Crippen LogP contribution in [0.25, 0.3) is 0 Å². The Morgan fingerprint density at radius 1 is 1.00 bits per heavy atom. The van der Waals surface area contributed by atoms with Crippen LogP contribution in [0.2, 0.25) is 0 Å². The quantitative estimate of drug-likeness (QED) is 0.922. The first-order valence-electron chi connectivity index (χ1n) is 5.34. The molecule has 18 heavy (non-hydrogen) atoms. The first kappa shape index (κ1) is 12.4. The monoisotopic (exact) mass is 263 g/mol. The number of benzene rings is 2. The van der Waals surface area contributed by atoms with Crippen LogP contribution >= 0.6 is 0 Å². The SMILES string of the molecule is COc1cccc(S(=O)(=O)Nc2ccccc2)c1. The zero-order valence-electron chi connectivity index (χ0n) is 9.83. The number of methoxy groups -OCH3 is 1. The molecule has 0 aliphatic carbocycles. The molecule has 0 aliphatic heterocycles. The van der Waals surface area contributed by atoms with Crippen LogP contribution in [0.4, 0.5) is 5.69 Å². The molecule has 2 aromatic rings. The largest absolute Gasteiger partial charge is 0.497 e. The maximum Gasteiger partial charge on any atom is 0.262 e. The molecule has 0 heterocycles. The van der Waals surface area contributed by atoms with Crippen molar-refractivity contribution in [2.45, 2.75) is 4.90 Å². The van der Waals surface area contributed by atoms with Gasteiger partial charge in [-0.1, -0.05) is 24.3 Å². The summed E-state index contributed by atoms with van der Waals surface area (Å²) in [6.07, 6.45) is 0. The van der Waals surface area contributed by atoms with Gasteiger partial charge in [0.1, 0.15) is 5.75 Å². The number of nitrogens with one attached hydrogen (secondary N) is 1. The van der Waals surface area contributed by atoms with E-state index in [1.54, 1.807) is 36.4 Å². The van der Waals surface area contributed by atoms with E-state index < -0.39 is 10.0 Å². The summed E-state index contributed by atoms with van der Waals surface area (Å²) in [5, 5.41) is 0. The van der Waals surface area contributed by atoms with Crippen LogP contribution in [-0.4, -0.2) is 15.5 Å². The van der Waals surface area contributed by atoms with Gasteiger partial charge in [0, 0.05) is 11.8 Å². The first-order valence-corrected chi connectivity index (χ1v) is 6.82. The molecule has 0 atom stereocenters. The Kier molecular flexibility index (Phi) is 3.53. The molecule has 0 saturated carbocycles. The van der Waals surface area contributed by atoms with E-state index in [9.17, 15) is 8.42 Å². The Morgan fingerprint density at radius 2 is 1.72 bits per heavy atom. The van der Waals surface area contributed by atoms with E-state index >= 15 is 0 Å². The maximum absolute atomic E-state index is 12.1. The van der Waals surface area contributed by atoms with Crippen LogP contribution in [0.3, 0.4) is 0 Å². The van der Waals surface area contributed by atoms with E-state index in [2.05, 4.69) is 4.72 Å². The number of anilines is 1. The zero-order valence-corrected chi connectivity index (χ0v) is 10.6. The van der Waals surface area contributed by atoms with Crippen molar-refractivity contribution in [3.63, 3.8) is 0 Å². The predicted octanol–water partition coefficient (Wildman–Crippen LogP) is 2.50. The average Bonchev–Trinajstić information content (AvgIpc) is 2.39. The fraction of sp³-hybridized carbons (Fsp3) is 0.0769. The van der Waals surface area contributed by atoms with Crippen LogP contribution in [0.15, 0.2) is 59.5 Å². The summed E-state index contributed by atoms with van der Waals surface area (Å²) < 4.78 is 31.7. The molecular weight excluding hydrogens is 250 g/mol. The summed E-state index contributed by atoms with van der Waals surface area (Å²) >= 11 is 0. The molecule has 0 amide bonds. The second-order valence-electron chi connectivity index (χ2n) is 3.65. The van der Waals surface area contributed by atoms with Crippen LogP contribution in [0.5, 0.6) is 5.75 Å². The van der Waals surface area contributed by atoms with Gasteiger partial charge >= 0.3 is 0 Å². The van der Waals surface area contributed by atoms with Gasteiger partial charge in [0.2, 0.25) is 0 Å². The maximum atomic E-state index is 12.1. The van der Waals surface area contributed by atoms with E-state index in [4.69, 9.17) is 4.74 Å². The van der Waals surface area contributed by atoms with Gasteiger partial charge in [0.15, 0.2) is 0 Å². The molecule has 2 aromatic carbocycles. The number of sulfonamides is 1. The second kappa shape index (κ2) is 5.10. The molecule has 0 spiro atoms. The van der Waals surface area contributed by atoms with Crippen molar-refractivity contribution in [2.75, 3.05) is 11.8 Å². The van der Waals surface area contributed by atoms with Gasteiger partial charge in [-0.25, -0.2) is 8.42 Å². The van der Waals surface area contributed by atoms with Crippen molar-refractivity contribution < 1.29 is 13.2 Å². The summed E-state index contributed by atoms with van der Waals surface area (Å²) in [6, 6.07) is 15.1. The second-order valence-corrected chi connectivity index (χ2v) is 5.33. The van der Waals surface area contributed by atoms with Gasteiger partial charge in [-0.3, -0.25) is 4.72 Å². The van der Waals surface area contributed by atoms with E-state index in [0.717, 1.165) is 0 Å². The molecule has 94 valence electrons. The Labute approximate surface area is 106 Å². The van der Waals surface area contributed by atoms with Gasteiger partial charge in [0.25, 0.3) is 10.0 Å². The topological polar surface area (TPSA) is 55.4 Å². The van der Waals surface area contributed by atoms with Crippen LogP contribution in [0, 0.1) is 0 Å². The highest BCUT2D eigenvalue weighted by molar-refractivity contribution is 7.92. The smallest absolute Gasteiger partial charge is 0.262 e. The minimum absolute atomic E-state index is 0.172. The van der Waals surface area contributed by atoms with Crippen LogP contribution < -0.4 is 9.46 Å².